The van der Waals surface area contributed by atoms with Crippen LogP contribution in [0.15, 0.2) is 42.6 Å². The number of anilines is 1. The van der Waals surface area contributed by atoms with Crippen molar-refractivity contribution in [2.24, 2.45) is 0 Å². The summed E-state index contributed by atoms with van der Waals surface area (Å²) in [6.07, 6.45) is 1.55. The van der Waals surface area contributed by atoms with Crippen molar-refractivity contribution in [3.05, 3.63) is 48.2 Å². The average Bonchev–Trinajstić information content (AvgIpc) is 3.03. The third-order valence-corrected chi connectivity index (χ3v) is 3.98. The van der Waals surface area contributed by atoms with Gasteiger partial charge in [0.25, 0.3) is 0 Å². The molecule has 0 aliphatic heterocycles. The number of benzene rings is 2. The molecule has 0 aliphatic carbocycles. The second-order valence-corrected chi connectivity index (χ2v) is 5.48. The van der Waals surface area contributed by atoms with Gasteiger partial charge in [-0.1, -0.05) is 6.07 Å². The van der Waals surface area contributed by atoms with Gasteiger partial charge in [-0.3, -0.25) is 4.40 Å². The van der Waals surface area contributed by atoms with Gasteiger partial charge in [-0.05, 0) is 30.3 Å². The fraction of sp³-hybridized carbons (Fsp3) is 0. The topological polar surface area (TPSA) is 134 Å². The fourth-order valence-electron chi connectivity index (χ4n) is 2.84. The number of aromatic nitrogens is 3. The summed E-state index contributed by atoms with van der Waals surface area (Å²) in [5.74, 6) is -1.53. The predicted molar refractivity (Wildman–Crippen MR) is 90.6 cm³/mol. The molecule has 4 rings (SSSR count). The number of phenolic OH excluding ortho intramolecular Hbond substituents is 2. The first-order valence-electron chi connectivity index (χ1n) is 7.28. The smallest absolute Gasteiger partial charge is 0.337 e. The summed E-state index contributed by atoms with van der Waals surface area (Å²) >= 11 is 0. The van der Waals surface area contributed by atoms with Crippen molar-refractivity contribution >= 4 is 28.5 Å². The predicted octanol–water partition coefficient (Wildman–Crippen LogP) is 2.24. The van der Waals surface area contributed by atoms with Crippen LogP contribution in [-0.2, 0) is 0 Å². The van der Waals surface area contributed by atoms with Gasteiger partial charge in [0, 0.05) is 5.56 Å². The minimum absolute atomic E-state index is 0.0271. The summed E-state index contributed by atoms with van der Waals surface area (Å²) in [4.78, 5) is 19.9. The van der Waals surface area contributed by atoms with E-state index in [-0.39, 0.29) is 28.4 Å². The Morgan fingerprint density at radius 1 is 1.12 bits per heavy atom. The van der Waals surface area contributed by atoms with E-state index in [2.05, 4.69) is 9.97 Å². The minimum atomic E-state index is -1.11. The van der Waals surface area contributed by atoms with E-state index in [9.17, 15) is 20.1 Å². The number of imidazole rings is 1. The summed E-state index contributed by atoms with van der Waals surface area (Å²) in [5.41, 5.74) is 8.27. The molecule has 124 valence electrons. The van der Waals surface area contributed by atoms with E-state index >= 15 is 0 Å². The summed E-state index contributed by atoms with van der Waals surface area (Å²) in [6.45, 7) is 0. The van der Waals surface area contributed by atoms with E-state index in [1.807, 2.05) is 0 Å². The number of carboxylic acids is 1. The average molecular weight is 336 g/mol. The molecule has 2 aromatic carbocycles. The maximum atomic E-state index is 11.5. The van der Waals surface area contributed by atoms with Crippen molar-refractivity contribution in [2.75, 3.05) is 5.73 Å². The lowest BCUT2D eigenvalue weighted by Crippen LogP contribution is -2.05. The number of phenols is 2. The normalized spacial score (nSPS) is 11.2. The summed E-state index contributed by atoms with van der Waals surface area (Å²) in [5, 5.41) is 28.6. The van der Waals surface area contributed by atoms with Crippen molar-refractivity contribution < 1.29 is 20.1 Å². The zero-order valence-electron chi connectivity index (χ0n) is 12.7. The molecule has 25 heavy (non-hydrogen) atoms. The van der Waals surface area contributed by atoms with Crippen molar-refractivity contribution in [3.63, 3.8) is 0 Å². The molecule has 0 fully saturated rings. The maximum Gasteiger partial charge on any atom is 0.337 e. The molecular weight excluding hydrogens is 324 g/mol. The van der Waals surface area contributed by atoms with Gasteiger partial charge in [0.15, 0.2) is 23.0 Å². The lowest BCUT2D eigenvalue weighted by molar-refractivity contribution is 0.0699. The number of nitrogens with zero attached hydrogens (tertiary/aromatic N) is 3. The molecule has 0 spiro atoms. The molecule has 0 saturated carbocycles. The van der Waals surface area contributed by atoms with E-state index in [1.54, 1.807) is 28.8 Å². The van der Waals surface area contributed by atoms with E-state index in [4.69, 9.17) is 5.73 Å². The van der Waals surface area contributed by atoms with Gasteiger partial charge in [0.05, 0.1) is 23.0 Å². The van der Waals surface area contributed by atoms with E-state index in [0.717, 1.165) is 0 Å². The van der Waals surface area contributed by atoms with Crippen molar-refractivity contribution in [3.8, 4) is 22.8 Å². The molecule has 8 heteroatoms. The highest BCUT2D eigenvalue weighted by atomic mass is 16.4. The highest BCUT2D eigenvalue weighted by Gasteiger charge is 2.18. The number of carbonyl (C=O) groups is 1. The molecule has 0 atom stereocenters. The van der Waals surface area contributed by atoms with Gasteiger partial charge >= 0.3 is 5.97 Å². The van der Waals surface area contributed by atoms with Crippen LogP contribution in [0, 0.1) is 0 Å². The number of aromatic hydroxyl groups is 2. The molecule has 0 radical (unpaired) electrons. The first-order chi connectivity index (χ1) is 12.0. The monoisotopic (exact) mass is 336 g/mol. The van der Waals surface area contributed by atoms with Crippen LogP contribution in [-0.4, -0.2) is 35.7 Å². The fourth-order valence-corrected chi connectivity index (χ4v) is 2.84. The third-order valence-electron chi connectivity index (χ3n) is 3.98. The molecule has 0 bridgehead atoms. The van der Waals surface area contributed by atoms with Crippen LogP contribution in [0.5, 0.6) is 11.5 Å². The molecule has 5 N–H and O–H groups in total. The first kappa shape index (κ1) is 14.8. The molecule has 2 heterocycles. The number of carboxylic acid groups (broad SMARTS) is 1. The number of nitrogens with two attached hydrogens (primary N) is 1. The van der Waals surface area contributed by atoms with Crippen LogP contribution in [0.25, 0.3) is 27.9 Å². The van der Waals surface area contributed by atoms with Crippen LogP contribution in [0.1, 0.15) is 10.4 Å². The Morgan fingerprint density at radius 2 is 1.92 bits per heavy atom. The Hall–Kier alpha value is -3.81. The summed E-state index contributed by atoms with van der Waals surface area (Å²) < 4.78 is 1.68. The summed E-state index contributed by atoms with van der Waals surface area (Å²) in [7, 11) is 0. The quantitative estimate of drug-likeness (QED) is 0.412. The summed E-state index contributed by atoms with van der Waals surface area (Å²) in [6, 6.07) is 9.14. The number of para-hydroxylation sites is 1. The third kappa shape index (κ3) is 2.12. The van der Waals surface area contributed by atoms with Gasteiger partial charge in [0.1, 0.15) is 5.52 Å². The highest BCUT2D eigenvalue weighted by Crippen LogP contribution is 2.33. The molecule has 0 saturated heterocycles. The second kappa shape index (κ2) is 5.10. The molecule has 0 aliphatic rings. The van der Waals surface area contributed by atoms with Gasteiger partial charge in [-0.2, -0.15) is 0 Å². The number of hydrogen-bond acceptors (Lipinski definition) is 6. The highest BCUT2D eigenvalue weighted by molar-refractivity contribution is 6.02. The Kier molecular flexibility index (Phi) is 3.01. The van der Waals surface area contributed by atoms with Crippen molar-refractivity contribution in [1.29, 1.82) is 0 Å². The lowest BCUT2D eigenvalue weighted by Gasteiger charge is -2.10. The van der Waals surface area contributed by atoms with Gasteiger partial charge in [-0.15, -0.1) is 0 Å². The molecule has 0 amide bonds. The zero-order valence-corrected chi connectivity index (χ0v) is 12.7. The maximum absolute atomic E-state index is 11.5. The van der Waals surface area contributed by atoms with Crippen molar-refractivity contribution in [1.82, 2.24) is 14.4 Å². The van der Waals surface area contributed by atoms with Crippen LogP contribution in [0.4, 0.5) is 5.82 Å². The molecular formula is C17H12N4O4. The van der Waals surface area contributed by atoms with Crippen LogP contribution < -0.4 is 5.73 Å². The van der Waals surface area contributed by atoms with Crippen LogP contribution in [0.2, 0.25) is 0 Å². The van der Waals surface area contributed by atoms with Crippen LogP contribution in [0.3, 0.4) is 0 Å². The van der Waals surface area contributed by atoms with Gasteiger partial charge in [0.2, 0.25) is 0 Å². The van der Waals surface area contributed by atoms with E-state index < -0.39 is 5.97 Å². The molecule has 4 aromatic rings. The number of rotatable bonds is 2. The number of hydrogen-bond donors (Lipinski definition) is 4. The Bertz CT molecular complexity index is 1170. The molecule has 8 nitrogen and oxygen atoms in total. The molecule has 2 aromatic heterocycles. The Balaban J connectivity index is 2.14. The largest absolute Gasteiger partial charge is 0.504 e. The van der Waals surface area contributed by atoms with Gasteiger partial charge < -0.3 is 21.1 Å². The second-order valence-electron chi connectivity index (χ2n) is 5.48. The number of fused-ring (bicyclic) bond motifs is 3. The number of nitrogen functional groups attached to an aromatic ring is 1. The minimum Gasteiger partial charge on any atom is -0.504 e. The lowest BCUT2D eigenvalue weighted by atomic mass is 10.1. The van der Waals surface area contributed by atoms with Gasteiger partial charge in [-0.25, -0.2) is 14.8 Å². The first-order valence-corrected chi connectivity index (χ1v) is 7.28. The standard InChI is InChI=1S/C17H12N4O4/c18-15-16-19-7-11(8-4-5-12(22)13(23)6-8)21(16)10-3-1-2-9(17(24)25)14(10)20-15/h1-7,22-23H,(H2,18,20)(H,24,25). The number of aromatic carboxylic acids is 1. The zero-order chi connectivity index (χ0) is 17.7. The Labute approximate surface area is 140 Å². The molecule has 0 unspecified atom stereocenters. The van der Waals surface area contributed by atoms with Crippen molar-refractivity contribution in [2.45, 2.75) is 0 Å². The SMILES string of the molecule is Nc1nc2c(C(=O)O)cccc2n2c(-c3ccc(O)c(O)c3)cnc12. The van der Waals surface area contributed by atoms with E-state index in [1.165, 1.54) is 18.2 Å². The Morgan fingerprint density at radius 3 is 2.64 bits per heavy atom. The van der Waals surface area contributed by atoms with Crippen LogP contribution >= 0.6 is 0 Å². The van der Waals surface area contributed by atoms with E-state index in [0.29, 0.717) is 22.4 Å².